The quantitative estimate of drug-likeness (QED) is 0.915. The van der Waals surface area contributed by atoms with Crippen molar-refractivity contribution >= 4 is 11.8 Å². The molecule has 0 aliphatic carbocycles. The molecular formula is C19H26N3O2. The van der Waals surface area contributed by atoms with Gasteiger partial charge in [-0.1, -0.05) is 44.2 Å². The molecule has 2 amide bonds. The largest absolute Gasteiger partial charge is 0.342 e. The molecule has 0 aromatic heterocycles. The molecule has 0 bridgehead atoms. The highest BCUT2D eigenvalue weighted by molar-refractivity contribution is 5.85. The number of piperidine rings is 1. The molecule has 129 valence electrons. The van der Waals surface area contributed by atoms with Gasteiger partial charge in [0, 0.05) is 32.4 Å². The lowest BCUT2D eigenvalue weighted by Crippen LogP contribution is -2.56. The summed E-state index contributed by atoms with van der Waals surface area (Å²) in [6, 6.07) is 9.77. The van der Waals surface area contributed by atoms with Crippen molar-refractivity contribution in [2.45, 2.75) is 51.2 Å². The van der Waals surface area contributed by atoms with E-state index in [2.05, 4.69) is 24.5 Å². The highest BCUT2D eigenvalue weighted by Gasteiger charge is 2.47. The summed E-state index contributed by atoms with van der Waals surface area (Å²) in [4.78, 5) is 26.4. The number of carbonyl (C=O) groups excluding carboxylic acids is 2. The molecule has 1 aromatic rings. The topological polar surface area (TPSA) is 63.5 Å². The summed E-state index contributed by atoms with van der Waals surface area (Å²) in [7, 11) is 0. The fourth-order valence-electron chi connectivity index (χ4n) is 3.56. The summed E-state index contributed by atoms with van der Waals surface area (Å²) in [5.74, 6) is 0.533. The first-order chi connectivity index (χ1) is 11.5. The molecule has 1 spiro atoms. The first-order valence-electron chi connectivity index (χ1n) is 8.83. The zero-order valence-electron chi connectivity index (χ0n) is 14.5. The van der Waals surface area contributed by atoms with Gasteiger partial charge in [-0.2, -0.15) is 0 Å². The second-order valence-corrected chi connectivity index (χ2v) is 7.35. The Balaban J connectivity index is 1.57. The number of likely N-dealkylation sites (tertiary alicyclic amines) is 1. The summed E-state index contributed by atoms with van der Waals surface area (Å²) < 4.78 is 0. The molecule has 2 aliphatic heterocycles. The van der Waals surface area contributed by atoms with Gasteiger partial charge in [0.25, 0.3) is 5.91 Å². The van der Waals surface area contributed by atoms with Crippen LogP contribution in [0.25, 0.3) is 0 Å². The molecule has 1 atom stereocenters. The summed E-state index contributed by atoms with van der Waals surface area (Å²) in [5, 5.41) is 7.87. The van der Waals surface area contributed by atoms with Gasteiger partial charge < -0.3 is 4.90 Å². The van der Waals surface area contributed by atoms with Crippen LogP contribution in [0.2, 0.25) is 0 Å². The predicted molar refractivity (Wildman–Crippen MR) is 92.2 cm³/mol. The summed E-state index contributed by atoms with van der Waals surface area (Å²) in [6.07, 6.45) is 2.69. The van der Waals surface area contributed by atoms with Crippen LogP contribution in [0, 0.1) is 5.92 Å². The van der Waals surface area contributed by atoms with Gasteiger partial charge in [-0.15, -0.1) is 0 Å². The Hall–Kier alpha value is -1.88. The van der Waals surface area contributed by atoms with Crippen molar-refractivity contribution in [3.63, 3.8) is 0 Å². The zero-order chi connectivity index (χ0) is 17.2. The molecule has 2 saturated heterocycles. The third kappa shape index (κ3) is 3.78. The number of nitrogens with zero attached hydrogens (tertiary/aromatic N) is 2. The maximum absolute atomic E-state index is 12.3. The van der Waals surface area contributed by atoms with Crippen LogP contribution < -0.4 is 10.6 Å². The van der Waals surface area contributed by atoms with E-state index in [1.807, 2.05) is 35.2 Å². The Labute approximate surface area is 143 Å². The number of carbonyl (C=O) groups is 2. The van der Waals surface area contributed by atoms with E-state index < -0.39 is 5.66 Å². The van der Waals surface area contributed by atoms with Crippen molar-refractivity contribution < 1.29 is 9.59 Å². The van der Waals surface area contributed by atoms with E-state index >= 15 is 0 Å². The average Bonchev–Trinajstić information content (AvgIpc) is 2.83. The van der Waals surface area contributed by atoms with Gasteiger partial charge in [0.2, 0.25) is 5.91 Å². The van der Waals surface area contributed by atoms with Crippen molar-refractivity contribution in [3.8, 4) is 0 Å². The smallest absolute Gasteiger partial charge is 0.260 e. The minimum atomic E-state index is -0.467. The van der Waals surface area contributed by atoms with Gasteiger partial charge in [0.15, 0.2) is 0 Å². The minimum absolute atomic E-state index is 0.0548. The predicted octanol–water partition coefficient (Wildman–Crippen LogP) is 1.70. The summed E-state index contributed by atoms with van der Waals surface area (Å²) in [6.45, 7) is 5.47. The fourth-order valence-corrected chi connectivity index (χ4v) is 3.56. The van der Waals surface area contributed by atoms with E-state index in [0.717, 1.165) is 5.56 Å². The Bertz CT molecular complexity index is 592. The lowest BCUT2D eigenvalue weighted by molar-refractivity contribution is -0.133. The van der Waals surface area contributed by atoms with Gasteiger partial charge in [0.1, 0.15) is 5.66 Å². The highest BCUT2D eigenvalue weighted by atomic mass is 16.2. The van der Waals surface area contributed by atoms with Crippen LogP contribution in [0.1, 0.15) is 38.7 Å². The molecule has 2 fully saturated rings. The molecular weight excluding hydrogens is 302 g/mol. The Kier molecular flexibility index (Phi) is 4.90. The molecule has 2 aliphatic rings. The van der Waals surface area contributed by atoms with Crippen molar-refractivity contribution in [2.75, 3.05) is 13.1 Å². The van der Waals surface area contributed by atoms with E-state index in [1.54, 1.807) is 0 Å². The molecule has 1 radical (unpaired) electrons. The van der Waals surface area contributed by atoms with Crippen LogP contribution in [0.3, 0.4) is 0 Å². The fraction of sp³-hybridized carbons (Fsp3) is 0.579. The standard InChI is InChI=1S/C19H26N3O2/c1-14(2)12-17(23)22-10-8-19(9-11-22)20-16(18(24)21-19)13-15-6-4-3-5-7-15/h3-7,14,16,20H,8-13H2,1-2H3. The Morgan fingerprint density at radius 3 is 2.58 bits per heavy atom. The maximum atomic E-state index is 12.3. The van der Waals surface area contributed by atoms with Crippen LogP contribution in [0.5, 0.6) is 0 Å². The second kappa shape index (κ2) is 6.93. The van der Waals surface area contributed by atoms with Gasteiger partial charge in [-0.05, 0) is 17.9 Å². The SMILES string of the molecule is CC(C)CC(=O)N1CCC2(CC1)[N]C(=O)C(Cc1ccccc1)N2. The van der Waals surface area contributed by atoms with Crippen LogP contribution >= 0.6 is 0 Å². The maximum Gasteiger partial charge on any atom is 0.260 e. The van der Waals surface area contributed by atoms with E-state index in [4.69, 9.17) is 0 Å². The van der Waals surface area contributed by atoms with Crippen molar-refractivity contribution in [2.24, 2.45) is 5.92 Å². The summed E-state index contributed by atoms with van der Waals surface area (Å²) in [5.41, 5.74) is 0.672. The minimum Gasteiger partial charge on any atom is -0.342 e. The second-order valence-electron chi connectivity index (χ2n) is 7.35. The molecule has 1 N–H and O–H groups in total. The van der Waals surface area contributed by atoms with Crippen molar-refractivity contribution in [1.82, 2.24) is 15.5 Å². The number of hydrogen-bond donors (Lipinski definition) is 1. The molecule has 5 heteroatoms. The van der Waals surface area contributed by atoms with E-state index in [9.17, 15) is 9.59 Å². The number of rotatable bonds is 4. The van der Waals surface area contributed by atoms with Gasteiger partial charge in [0.05, 0.1) is 6.04 Å². The average molecular weight is 328 g/mol. The Morgan fingerprint density at radius 2 is 1.96 bits per heavy atom. The number of amides is 2. The molecule has 2 heterocycles. The number of hydrogen-bond acceptors (Lipinski definition) is 3. The van der Waals surface area contributed by atoms with Gasteiger partial charge >= 0.3 is 0 Å². The van der Waals surface area contributed by atoms with E-state index in [1.165, 1.54) is 0 Å². The van der Waals surface area contributed by atoms with Crippen LogP contribution in [0.4, 0.5) is 0 Å². The first kappa shape index (κ1) is 17.0. The van der Waals surface area contributed by atoms with Crippen LogP contribution in [0.15, 0.2) is 30.3 Å². The summed E-state index contributed by atoms with van der Waals surface area (Å²) >= 11 is 0. The molecule has 24 heavy (non-hydrogen) atoms. The van der Waals surface area contributed by atoms with Gasteiger partial charge in [-0.25, -0.2) is 5.32 Å². The first-order valence-corrected chi connectivity index (χ1v) is 8.83. The third-order valence-electron chi connectivity index (χ3n) is 4.87. The van der Waals surface area contributed by atoms with E-state index in [-0.39, 0.29) is 17.9 Å². The normalized spacial score (nSPS) is 22.9. The number of nitrogens with one attached hydrogen (secondary N) is 1. The van der Waals surface area contributed by atoms with Crippen molar-refractivity contribution in [3.05, 3.63) is 35.9 Å². The lowest BCUT2D eigenvalue weighted by Gasteiger charge is -2.38. The Morgan fingerprint density at radius 1 is 1.29 bits per heavy atom. The molecule has 3 rings (SSSR count). The molecule has 5 nitrogen and oxygen atoms in total. The lowest BCUT2D eigenvalue weighted by atomic mass is 9.96. The van der Waals surface area contributed by atoms with Gasteiger partial charge in [-0.3, -0.25) is 14.9 Å². The monoisotopic (exact) mass is 328 g/mol. The molecule has 0 saturated carbocycles. The molecule has 1 aromatic carbocycles. The van der Waals surface area contributed by atoms with Crippen molar-refractivity contribution in [1.29, 1.82) is 0 Å². The van der Waals surface area contributed by atoms with Crippen LogP contribution in [-0.4, -0.2) is 41.5 Å². The van der Waals surface area contributed by atoms with Crippen LogP contribution in [-0.2, 0) is 16.0 Å². The number of benzene rings is 1. The highest BCUT2D eigenvalue weighted by Crippen LogP contribution is 2.27. The van der Waals surface area contributed by atoms with E-state index in [0.29, 0.717) is 44.7 Å². The molecule has 1 unspecified atom stereocenters. The third-order valence-corrected chi connectivity index (χ3v) is 4.87. The zero-order valence-corrected chi connectivity index (χ0v) is 14.5.